The summed E-state index contributed by atoms with van der Waals surface area (Å²) in [4.78, 5) is 88.7. The van der Waals surface area contributed by atoms with E-state index in [1.54, 1.807) is 37.4 Å². The normalized spacial score (nSPS) is 10.9. The Bertz CT molecular complexity index is 7480. The summed E-state index contributed by atoms with van der Waals surface area (Å²) in [5.41, 5.74) is 14.9. The van der Waals surface area contributed by atoms with Crippen LogP contribution < -0.4 is 59.4 Å². The first kappa shape index (κ1) is 84.1. The number of fused-ring (bicyclic) bond motifs is 5. The SMILES string of the molecule is COc1ccccc1Nc1nc(C)c(-c2cc3ccccc3oc2=O)s1.Cc1ccc(Nc2nc(C)c(-c3cc4ccccc4oc3=O)s2)cc1.Cc1ccccc1Nc1nc(C)c(-c2cc3ccccc3oc2=O)s1.Cc1nc(Nc2ccc(Cl)cc2)sc1-c1cc2ccccc2oc1=O.Cc1nc(Nc2ccccc2)sc1-c1cc2ccccc2oc1=O. The van der Waals surface area contributed by atoms with Crippen molar-refractivity contribution in [2.24, 2.45) is 0 Å². The highest BCUT2D eigenvalue weighted by Crippen LogP contribution is 2.41. The summed E-state index contributed by atoms with van der Waals surface area (Å²) in [6.45, 7) is 13.6. The minimum atomic E-state index is -0.362. The van der Waals surface area contributed by atoms with Crippen LogP contribution in [0.25, 0.3) is 107 Å². The smallest absolute Gasteiger partial charge is 0.345 e. The number of thiazole rings is 5. The van der Waals surface area contributed by atoms with Crippen LogP contribution in [0.4, 0.5) is 54.1 Å². The number of ether oxygens (including phenoxy) is 1. The van der Waals surface area contributed by atoms with Crippen LogP contribution in [0.2, 0.25) is 5.02 Å². The molecule has 0 saturated heterocycles. The molecule has 0 amide bonds. The van der Waals surface area contributed by atoms with Gasteiger partial charge in [-0.25, -0.2) is 48.9 Å². The van der Waals surface area contributed by atoms with Gasteiger partial charge in [0, 0.05) is 54.7 Å². The van der Waals surface area contributed by atoms with Gasteiger partial charge in [0.25, 0.3) is 0 Å². The number of halogens is 1. The van der Waals surface area contributed by atoms with Gasteiger partial charge in [0.15, 0.2) is 25.7 Å². The fourth-order valence-electron chi connectivity index (χ4n) is 13.4. The van der Waals surface area contributed by atoms with E-state index in [0.29, 0.717) is 71.0 Å². The Morgan fingerprint density at radius 2 is 0.536 bits per heavy atom. The lowest BCUT2D eigenvalue weighted by Gasteiger charge is -2.07. The van der Waals surface area contributed by atoms with E-state index in [9.17, 15) is 24.0 Å². The van der Waals surface area contributed by atoms with Gasteiger partial charge in [-0.05, 0) is 181 Å². The first-order valence-electron chi connectivity index (χ1n) is 39.1. The lowest BCUT2D eigenvalue weighted by atomic mass is 10.1. The van der Waals surface area contributed by atoms with E-state index in [1.165, 1.54) is 62.2 Å². The number of anilines is 10. The standard InChI is InChI=1S/C20H16N2O3S.2C20H16N2O2S.C19H13ClN2O2S.C19H14N2O2S/c1-12-18(14-11-13-7-3-5-9-16(13)25-19(14)23)26-20(21-12)22-15-8-4-6-10-17(15)24-2;1-12-7-3-5-9-16(12)22-20-21-13(2)18(25-20)15-11-14-8-4-6-10-17(14)24-19(15)23;1-12-7-9-15(10-8-12)22-20-21-13(2)18(25-20)16-11-14-5-3-4-6-17(14)24-19(16)23;1-11-17(15-10-12-4-2-3-5-16(12)24-18(15)23)25-19(21-11)22-14-8-6-13(20)7-9-14;1-12-17(24-19(20-12)21-14-8-3-2-4-9-14)15-11-13-7-5-6-10-16(13)23-18(15)22/h3-11H,1-2H3,(H,21,22);2*3-11H,1-2H3,(H,21,22);2-10H,1H3,(H,21,22);2-11H,1H3,(H,20,21). The van der Waals surface area contributed by atoms with Crippen LogP contribution in [0, 0.1) is 48.5 Å². The maximum absolute atomic E-state index is 12.4. The number of para-hydroxylation sites is 9. The number of hydrogen-bond donors (Lipinski definition) is 5. The lowest BCUT2D eigenvalue weighted by molar-refractivity contribution is 0.417. The molecule has 0 aliphatic heterocycles. The number of nitrogens with zero attached hydrogens (tertiary/aromatic N) is 5. The van der Waals surface area contributed by atoms with E-state index in [4.69, 9.17) is 38.4 Å². The van der Waals surface area contributed by atoms with Gasteiger partial charge in [-0.15, -0.1) is 0 Å². The number of aromatic nitrogens is 5. The van der Waals surface area contributed by atoms with E-state index in [1.807, 2.05) is 290 Å². The van der Waals surface area contributed by atoms with Crippen molar-refractivity contribution in [3.05, 3.63) is 376 Å². The van der Waals surface area contributed by atoms with Crippen LogP contribution >= 0.6 is 68.3 Å². The third kappa shape index (κ3) is 19.8. The Balaban J connectivity index is 0.000000115. The van der Waals surface area contributed by atoms with Crippen molar-refractivity contribution in [1.29, 1.82) is 0 Å². The fraction of sp³-hybridized carbons (Fsp3) is 0.0816. The molecule has 20 rings (SSSR count). The molecule has 27 heteroatoms. The number of aryl methyl sites for hydroxylation is 7. The minimum Gasteiger partial charge on any atom is -0.495 e. The average Bonchev–Trinajstić information content (AvgIpc) is 1.72. The first-order valence-corrected chi connectivity index (χ1v) is 43.6. The third-order valence-corrected chi connectivity index (χ3v) is 25.4. The van der Waals surface area contributed by atoms with Crippen molar-refractivity contribution in [1.82, 2.24) is 24.9 Å². The van der Waals surface area contributed by atoms with Crippen LogP contribution in [-0.4, -0.2) is 32.0 Å². The van der Waals surface area contributed by atoms with Gasteiger partial charge in [0.05, 0.1) is 93.5 Å². The van der Waals surface area contributed by atoms with Gasteiger partial charge in [-0.3, -0.25) is 0 Å². The summed E-state index contributed by atoms with van der Waals surface area (Å²) >= 11 is 13.1. The number of nitrogens with one attached hydrogen (secondary N) is 5. The van der Waals surface area contributed by atoms with Crippen LogP contribution in [0.15, 0.2) is 325 Å². The van der Waals surface area contributed by atoms with Crippen LogP contribution in [0.1, 0.15) is 39.6 Å². The van der Waals surface area contributed by atoms with E-state index < -0.39 is 0 Å². The van der Waals surface area contributed by atoms with Crippen molar-refractivity contribution in [3.8, 4) is 58.0 Å². The van der Waals surface area contributed by atoms with Gasteiger partial charge < -0.3 is 53.4 Å². The average molecular weight is 1760 g/mol. The minimum absolute atomic E-state index is 0.340. The molecule has 0 atom stereocenters. The molecule has 10 heterocycles. The quantitative estimate of drug-likeness (QED) is 0.0562. The van der Waals surface area contributed by atoms with E-state index in [-0.39, 0.29) is 28.1 Å². The molecule has 10 aromatic carbocycles. The molecular weight excluding hydrogens is 1690 g/mol. The second-order valence-electron chi connectivity index (χ2n) is 28.5. The number of methoxy groups -OCH3 is 1. The number of hydrogen-bond acceptors (Lipinski definition) is 26. The monoisotopic (exact) mass is 1760 g/mol. The summed E-state index contributed by atoms with van der Waals surface area (Å²) in [6.07, 6.45) is 0. The van der Waals surface area contributed by atoms with Crippen molar-refractivity contribution >= 4 is 177 Å². The molecule has 125 heavy (non-hydrogen) atoms. The molecule has 0 fully saturated rings. The Morgan fingerprint density at radius 1 is 0.280 bits per heavy atom. The predicted molar refractivity (Wildman–Crippen MR) is 511 cm³/mol. The maximum Gasteiger partial charge on any atom is 0.345 e. The molecule has 0 aliphatic carbocycles. The van der Waals surface area contributed by atoms with Gasteiger partial charge in [-0.1, -0.05) is 226 Å². The summed E-state index contributed by atoms with van der Waals surface area (Å²) in [7, 11) is 1.62. The molecule has 5 N–H and O–H groups in total. The van der Waals surface area contributed by atoms with Crippen molar-refractivity contribution in [2.75, 3.05) is 33.7 Å². The third-order valence-electron chi connectivity index (χ3n) is 19.6. The maximum atomic E-state index is 12.4. The molecule has 0 spiro atoms. The molecule has 0 unspecified atom stereocenters. The zero-order valence-corrected chi connectivity index (χ0v) is 73.0. The van der Waals surface area contributed by atoms with Gasteiger partial charge in [-0.2, -0.15) is 0 Å². The second-order valence-corrected chi connectivity index (χ2v) is 33.9. The fourth-order valence-corrected chi connectivity index (χ4v) is 18.4. The van der Waals surface area contributed by atoms with E-state index >= 15 is 0 Å². The molecule has 20 aromatic rings. The summed E-state index contributed by atoms with van der Waals surface area (Å²) in [6, 6.07) is 87.8. The highest BCUT2D eigenvalue weighted by molar-refractivity contribution is 7.20. The van der Waals surface area contributed by atoms with Gasteiger partial charge in [0.1, 0.15) is 33.7 Å². The molecule has 0 bridgehead atoms. The Hall–Kier alpha value is -14.5. The van der Waals surface area contributed by atoms with E-state index in [0.717, 1.165) is 135 Å². The van der Waals surface area contributed by atoms with E-state index in [2.05, 4.69) is 58.4 Å². The highest BCUT2D eigenvalue weighted by atomic mass is 35.5. The summed E-state index contributed by atoms with van der Waals surface area (Å²) < 4.78 is 32.6. The van der Waals surface area contributed by atoms with Crippen LogP contribution in [0.3, 0.4) is 0 Å². The van der Waals surface area contributed by atoms with Crippen molar-refractivity contribution < 1.29 is 26.8 Å². The van der Waals surface area contributed by atoms with Crippen molar-refractivity contribution in [3.63, 3.8) is 0 Å². The van der Waals surface area contributed by atoms with Crippen molar-refractivity contribution in [2.45, 2.75) is 48.5 Å². The summed E-state index contributed by atoms with van der Waals surface area (Å²) in [5, 5.41) is 25.2. The second kappa shape index (κ2) is 37.9. The molecule has 10 aromatic heterocycles. The predicted octanol–water partition coefficient (Wildman–Crippen LogP) is 26.1. The zero-order valence-electron chi connectivity index (χ0n) is 68.2. The Morgan fingerprint density at radius 3 is 0.856 bits per heavy atom. The topological polar surface area (TPSA) is 285 Å². The molecule has 21 nitrogen and oxygen atoms in total. The first-order chi connectivity index (χ1) is 60.7. The molecule has 620 valence electrons. The Kier molecular flexibility index (Phi) is 25.5. The largest absolute Gasteiger partial charge is 0.495 e. The number of rotatable bonds is 16. The molecule has 0 radical (unpaired) electrons. The van der Waals surface area contributed by atoms with Gasteiger partial charge in [0.2, 0.25) is 0 Å². The Labute approximate surface area is 739 Å². The molecule has 0 saturated carbocycles. The van der Waals surface area contributed by atoms with Gasteiger partial charge >= 0.3 is 28.1 Å². The zero-order chi connectivity index (χ0) is 86.8. The number of benzene rings is 10. The van der Waals surface area contributed by atoms with Crippen LogP contribution in [0.5, 0.6) is 5.75 Å². The van der Waals surface area contributed by atoms with Crippen LogP contribution in [-0.2, 0) is 0 Å². The summed E-state index contributed by atoms with van der Waals surface area (Å²) in [5.74, 6) is 0.729. The highest BCUT2D eigenvalue weighted by Gasteiger charge is 2.22. The lowest BCUT2D eigenvalue weighted by Crippen LogP contribution is -2.02. The molecule has 0 aliphatic rings. The molecular formula is C98H75ClN10O11S5.